The maximum Gasteiger partial charge on any atom is 0.338 e. The molecule has 0 bridgehead atoms. The number of thiocarbonyl (C=S) groups is 1. The van der Waals surface area contributed by atoms with Crippen LogP contribution in [0.3, 0.4) is 0 Å². The molecule has 1 aliphatic rings. The summed E-state index contributed by atoms with van der Waals surface area (Å²) in [6, 6.07) is 6.92. The van der Waals surface area contributed by atoms with Crippen molar-refractivity contribution in [3.63, 3.8) is 0 Å². The van der Waals surface area contributed by atoms with Crippen LogP contribution >= 0.6 is 24.0 Å². The number of esters is 1. The Hall–Kier alpha value is -1.66. The summed E-state index contributed by atoms with van der Waals surface area (Å²) in [6.45, 7) is 3.61. The zero-order chi connectivity index (χ0) is 15.6. The molecule has 1 aromatic rings. The Morgan fingerprint density at radius 1 is 1.33 bits per heavy atom. The summed E-state index contributed by atoms with van der Waals surface area (Å²) in [6.07, 6.45) is 1.61. The lowest BCUT2D eigenvalue weighted by Gasteiger charge is -2.07. The lowest BCUT2D eigenvalue weighted by molar-refractivity contribution is -0.121. The number of benzene rings is 1. The zero-order valence-electron chi connectivity index (χ0n) is 12.0. The molecule has 1 aromatic carbocycles. The fourth-order valence-electron chi connectivity index (χ4n) is 1.69. The molecule has 0 atom stereocenters. The lowest BCUT2D eigenvalue weighted by Crippen LogP contribution is -2.22. The third-order valence-electron chi connectivity index (χ3n) is 2.77. The van der Waals surface area contributed by atoms with E-state index in [0.717, 1.165) is 5.56 Å². The molecule has 110 valence electrons. The summed E-state index contributed by atoms with van der Waals surface area (Å²) in [7, 11) is 1.66. The Labute approximate surface area is 133 Å². The van der Waals surface area contributed by atoms with E-state index in [2.05, 4.69) is 0 Å². The molecule has 1 fully saturated rings. The van der Waals surface area contributed by atoms with Crippen LogP contribution in [-0.2, 0) is 9.53 Å². The molecule has 2 rings (SSSR count). The van der Waals surface area contributed by atoms with Crippen molar-refractivity contribution in [2.75, 3.05) is 7.05 Å². The number of likely N-dealkylation sites (N-methyl/N-ethyl adjacent to an activating group) is 1. The molecule has 21 heavy (non-hydrogen) atoms. The first kappa shape index (κ1) is 15.7. The lowest BCUT2D eigenvalue weighted by atomic mass is 10.1. The predicted molar refractivity (Wildman–Crippen MR) is 87.9 cm³/mol. The molecule has 0 unspecified atom stereocenters. The van der Waals surface area contributed by atoms with E-state index in [1.807, 2.05) is 0 Å². The fraction of sp³-hybridized carbons (Fsp3) is 0.267. The quantitative estimate of drug-likeness (QED) is 0.486. The highest BCUT2D eigenvalue weighted by Gasteiger charge is 2.28. The average molecular weight is 321 g/mol. The van der Waals surface area contributed by atoms with E-state index in [1.165, 1.54) is 16.7 Å². The SMILES string of the molecule is CC(C)OC(=O)c1ccc(/C=C2\SC(=S)N(C)C2=O)cc1. The van der Waals surface area contributed by atoms with Crippen LogP contribution in [0.2, 0.25) is 0 Å². The van der Waals surface area contributed by atoms with Gasteiger partial charge in [-0.05, 0) is 37.6 Å². The van der Waals surface area contributed by atoms with Crippen LogP contribution in [0.5, 0.6) is 0 Å². The number of ether oxygens (including phenoxy) is 1. The molecule has 1 aliphatic heterocycles. The van der Waals surface area contributed by atoms with Crippen molar-refractivity contribution in [1.29, 1.82) is 0 Å². The number of rotatable bonds is 3. The van der Waals surface area contributed by atoms with Gasteiger partial charge in [-0.25, -0.2) is 4.79 Å². The average Bonchev–Trinajstić information content (AvgIpc) is 2.66. The van der Waals surface area contributed by atoms with Crippen molar-refractivity contribution in [1.82, 2.24) is 4.90 Å². The summed E-state index contributed by atoms with van der Waals surface area (Å²) in [5.41, 5.74) is 1.33. The fourth-order valence-corrected chi connectivity index (χ4v) is 2.87. The van der Waals surface area contributed by atoms with Crippen LogP contribution in [0.4, 0.5) is 0 Å². The van der Waals surface area contributed by atoms with Gasteiger partial charge in [-0.3, -0.25) is 9.69 Å². The van der Waals surface area contributed by atoms with Gasteiger partial charge in [0.2, 0.25) is 0 Å². The zero-order valence-corrected chi connectivity index (χ0v) is 13.6. The minimum Gasteiger partial charge on any atom is -0.459 e. The van der Waals surface area contributed by atoms with Crippen molar-refractivity contribution >= 4 is 46.3 Å². The van der Waals surface area contributed by atoms with Crippen molar-refractivity contribution in [2.24, 2.45) is 0 Å². The number of hydrogen-bond acceptors (Lipinski definition) is 5. The Balaban J connectivity index is 2.15. The molecular weight excluding hydrogens is 306 g/mol. The number of nitrogens with zero attached hydrogens (tertiary/aromatic N) is 1. The first-order valence-electron chi connectivity index (χ1n) is 6.41. The molecule has 0 radical (unpaired) electrons. The predicted octanol–water partition coefficient (Wildman–Crippen LogP) is 3.08. The van der Waals surface area contributed by atoms with Gasteiger partial charge in [-0.15, -0.1) is 0 Å². The normalized spacial score (nSPS) is 17.0. The van der Waals surface area contributed by atoms with Gasteiger partial charge in [-0.2, -0.15) is 0 Å². The Morgan fingerprint density at radius 2 is 1.95 bits per heavy atom. The Kier molecular flexibility index (Phi) is 4.80. The number of carbonyl (C=O) groups is 2. The molecular formula is C15H15NO3S2. The van der Waals surface area contributed by atoms with Gasteiger partial charge in [0.05, 0.1) is 16.6 Å². The van der Waals surface area contributed by atoms with Gasteiger partial charge in [0.15, 0.2) is 0 Å². The summed E-state index contributed by atoms with van der Waals surface area (Å²) >= 11 is 6.35. The number of carbonyl (C=O) groups excluding carboxylic acids is 2. The highest BCUT2D eigenvalue weighted by molar-refractivity contribution is 8.26. The molecule has 0 spiro atoms. The molecule has 0 saturated carbocycles. The smallest absolute Gasteiger partial charge is 0.338 e. The highest BCUT2D eigenvalue weighted by Crippen LogP contribution is 2.31. The first-order valence-corrected chi connectivity index (χ1v) is 7.63. The summed E-state index contributed by atoms with van der Waals surface area (Å²) in [5, 5.41) is 0. The van der Waals surface area contributed by atoms with E-state index in [9.17, 15) is 9.59 Å². The van der Waals surface area contributed by atoms with E-state index in [0.29, 0.717) is 14.8 Å². The summed E-state index contributed by atoms with van der Waals surface area (Å²) in [5.74, 6) is -0.454. The van der Waals surface area contributed by atoms with Crippen LogP contribution in [0.25, 0.3) is 6.08 Å². The molecule has 4 nitrogen and oxygen atoms in total. The molecule has 0 N–H and O–H groups in total. The van der Waals surface area contributed by atoms with Crippen molar-refractivity contribution in [3.05, 3.63) is 40.3 Å². The van der Waals surface area contributed by atoms with E-state index >= 15 is 0 Å². The Bertz CT molecular complexity index is 620. The second-order valence-corrected chi connectivity index (χ2v) is 6.49. The van der Waals surface area contributed by atoms with Gasteiger partial charge in [0, 0.05) is 7.05 Å². The standard InChI is InChI=1S/C15H15NO3S2/c1-9(2)19-14(18)11-6-4-10(5-7-11)8-12-13(17)16(3)15(20)21-12/h4-9H,1-3H3/b12-8-. The van der Waals surface area contributed by atoms with Crippen molar-refractivity contribution < 1.29 is 14.3 Å². The van der Waals surface area contributed by atoms with Crippen LogP contribution in [0.15, 0.2) is 29.2 Å². The Morgan fingerprint density at radius 3 is 2.43 bits per heavy atom. The van der Waals surface area contributed by atoms with Crippen LogP contribution < -0.4 is 0 Å². The molecule has 0 aromatic heterocycles. The summed E-state index contributed by atoms with van der Waals surface area (Å²) < 4.78 is 5.66. The third-order valence-corrected chi connectivity index (χ3v) is 4.26. The van der Waals surface area contributed by atoms with Gasteiger partial charge < -0.3 is 4.74 Å². The highest BCUT2D eigenvalue weighted by atomic mass is 32.2. The molecule has 1 amide bonds. The molecule has 6 heteroatoms. The topological polar surface area (TPSA) is 46.6 Å². The minimum atomic E-state index is -0.351. The van der Waals surface area contributed by atoms with Crippen molar-refractivity contribution in [3.8, 4) is 0 Å². The van der Waals surface area contributed by atoms with Crippen LogP contribution in [0.1, 0.15) is 29.8 Å². The maximum absolute atomic E-state index is 11.9. The van der Waals surface area contributed by atoms with E-state index in [-0.39, 0.29) is 18.0 Å². The van der Waals surface area contributed by atoms with Gasteiger partial charge in [-0.1, -0.05) is 36.1 Å². The third kappa shape index (κ3) is 3.71. The number of amides is 1. The van der Waals surface area contributed by atoms with Crippen LogP contribution in [0, 0.1) is 0 Å². The van der Waals surface area contributed by atoms with Gasteiger partial charge in [0.25, 0.3) is 5.91 Å². The second-order valence-electron chi connectivity index (χ2n) is 4.82. The minimum absolute atomic E-state index is 0.103. The van der Waals surface area contributed by atoms with E-state index in [4.69, 9.17) is 17.0 Å². The van der Waals surface area contributed by atoms with Gasteiger partial charge in [0.1, 0.15) is 4.32 Å². The van der Waals surface area contributed by atoms with Gasteiger partial charge >= 0.3 is 5.97 Å². The first-order chi connectivity index (χ1) is 9.88. The second kappa shape index (κ2) is 6.41. The monoisotopic (exact) mass is 321 g/mol. The number of thioether (sulfide) groups is 1. The molecule has 0 aliphatic carbocycles. The molecule has 1 saturated heterocycles. The molecule has 1 heterocycles. The van der Waals surface area contributed by atoms with Crippen LogP contribution in [-0.4, -0.2) is 34.2 Å². The van der Waals surface area contributed by atoms with E-state index < -0.39 is 0 Å². The summed E-state index contributed by atoms with van der Waals surface area (Å²) in [4.78, 5) is 25.6. The maximum atomic E-state index is 11.9. The van der Waals surface area contributed by atoms with E-state index in [1.54, 1.807) is 51.2 Å². The largest absolute Gasteiger partial charge is 0.459 e. The van der Waals surface area contributed by atoms with Crippen molar-refractivity contribution in [2.45, 2.75) is 20.0 Å². The number of hydrogen-bond donors (Lipinski definition) is 0.